The third kappa shape index (κ3) is 3.55. The average Bonchev–Trinajstić information content (AvgIpc) is 2.45. The predicted molar refractivity (Wildman–Crippen MR) is 83.1 cm³/mol. The van der Waals surface area contributed by atoms with Crippen molar-refractivity contribution in [2.24, 2.45) is 5.73 Å². The van der Waals surface area contributed by atoms with Gasteiger partial charge >= 0.3 is 0 Å². The van der Waals surface area contributed by atoms with E-state index in [9.17, 15) is 8.42 Å². The first-order valence-electron chi connectivity index (χ1n) is 6.45. The molecule has 1 aliphatic heterocycles. The largest absolute Gasteiger partial charge is 0.320 e. The number of hydrogen-bond donors (Lipinski definition) is 1. The summed E-state index contributed by atoms with van der Waals surface area (Å²) in [5.41, 5.74) is 6.08. The summed E-state index contributed by atoms with van der Waals surface area (Å²) in [5.74, 6) is 6.48. The molecule has 1 aromatic rings. The van der Waals surface area contributed by atoms with Gasteiger partial charge in [-0.3, -0.25) is 0 Å². The second-order valence-electron chi connectivity index (χ2n) is 4.57. The van der Waals surface area contributed by atoms with Gasteiger partial charge in [-0.15, -0.1) is 0 Å². The summed E-state index contributed by atoms with van der Waals surface area (Å²) in [6, 6.07) is 6.67. The van der Waals surface area contributed by atoms with Gasteiger partial charge in [0, 0.05) is 29.7 Å². The topological polar surface area (TPSA) is 63.4 Å². The number of nitrogens with zero attached hydrogens (tertiary/aromatic N) is 1. The SMILES string of the molecule is CC1CN(S(=O)(=O)c2ccc(C#CCN)cc2)CCS1. The Morgan fingerprint density at radius 3 is 2.70 bits per heavy atom. The monoisotopic (exact) mass is 310 g/mol. The predicted octanol–water partition coefficient (Wildman–Crippen LogP) is 1.12. The molecule has 1 heterocycles. The van der Waals surface area contributed by atoms with Gasteiger partial charge in [-0.2, -0.15) is 16.1 Å². The molecular formula is C14H18N2O2S2. The van der Waals surface area contributed by atoms with Crippen molar-refractivity contribution >= 4 is 21.8 Å². The second kappa shape index (κ2) is 6.64. The Morgan fingerprint density at radius 2 is 2.10 bits per heavy atom. The van der Waals surface area contributed by atoms with Crippen LogP contribution in [0.15, 0.2) is 29.2 Å². The molecule has 0 spiro atoms. The maximum absolute atomic E-state index is 12.5. The van der Waals surface area contributed by atoms with Crippen LogP contribution in [-0.4, -0.2) is 43.4 Å². The quantitative estimate of drug-likeness (QED) is 0.832. The molecule has 20 heavy (non-hydrogen) atoms. The van der Waals surface area contributed by atoms with E-state index in [1.807, 2.05) is 11.8 Å². The van der Waals surface area contributed by atoms with Gasteiger partial charge < -0.3 is 5.73 Å². The summed E-state index contributed by atoms with van der Waals surface area (Å²) in [7, 11) is -3.39. The van der Waals surface area contributed by atoms with E-state index >= 15 is 0 Å². The molecule has 1 unspecified atom stereocenters. The Kier molecular flexibility index (Phi) is 5.11. The lowest BCUT2D eigenvalue weighted by atomic mass is 10.2. The van der Waals surface area contributed by atoms with E-state index in [0.29, 0.717) is 29.8 Å². The summed E-state index contributed by atoms with van der Waals surface area (Å²) in [5, 5.41) is 0.341. The lowest BCUT2D eigenvalue weighted by Crippen LogP contribution is -2.40. The van der Waals surface area contributed by atoms with Crippen molar-refractivity contribution in [3.05, 3.63) is 29.8 Å². The average molecular weight is 310 g/mol. The van der Waals surface area contributed by atoms with Crippen LogP contribution in [0.1, 0.15) is 12.5 Å². The zero-order valence-corrected chi connectivity index (χ0v) is 13.0. The summed E-state index contributed by atoms with van der Waals surface area (Å²) >= 11 is 1.81. The maximum Gasteiger partial charge on any atom is 0.243 e. The van der Waals surface area contributed by atoms with E-state index in [1.54, 1.807) is 28.6 Å². The van der Waals surface area contributed by atoms with E-state index in [1.165, 1.54) is 0 Å². The number of nitrogens with two attached hydrogens (primary N) is 1. The van der Waals surface area contributed by atoms with E-state index in [4.69, 9.17) is 5.73 Å². The van der Waals surface area contributed by atoms with Crippen molar-refractivity contribution in [2.45, 2.75) is 17.1 Å². The van der Waals surface area contributed by atoms with Crippen molar-refractivity contribution < 1.29 is 8.42 Å². The second-order valence-corrected chi connectivity index (χ2v) is 8.06. The van der Waals surface area contributed by atoms with Crippen molar-refractivity contribution in [2.75, 3.05) is 25.4 Å². The summed E-state index contributed by atoms with van der Waals surface area (Å²) in [6.45, 7) is 3.50. The molecule has 0 aromatic heterocycles. The minimum atomic E-state index is -3.39. The highest BCUT2D eigenvalue weighted by Crippen LogP contribution is 2.24. The fourth-order valence-electron chi connectivity index (χ4n) is 2.02. The minimum absolute atomic E-state index is 0.295. The lowest BCUT2D eigenvalue weighted by Gasteiger charge is -2.29. The first-order chi connectivity index (χ1) is 9.54. The highest BCUT2D eigenvalue weighted by atomic mass is 32.2. The molecule has 0 bridgehead atoms. The van der Waals surface area contributed by atoms with Gasteiger partial charge in [0.05, 0.1) is 11.4 Å². The van der Waals surface area contributed by atoms with E-state index < -0.39 is 10.0 Å². The molecule has 0 radical (unpaired) electrons. The first kappa shape index (κ1) is 15.4. The van der Waals surface area contributed by atoms with Crippen LogP contribution in [0.2, 0.25) is 0 Å². The Morgan fingerprint density at radius 1 is 1.40 bits per heavy atom. The van der Waals surface area contributed by atoms with Crippen molar-refractivity contribution in [3.63, 3.8) is 0 Å². The van der Waals surface area contributed by atoms with Gasteiger partial charge in [0.25, 0.3) is 0 Å². The van der Waals surface area contributed by atoms with E-state index in [2.05, 4.69) is 18.8 Å². The fraction of sp³-hybridized carbons (Fsp3) is 0.429. The first-order valence-corrected chi connectivity index (χ1v) is 8.93. The fourth-order valence-corrected chi connectivity index (χ4v) is 4.77. The number of hydrogen-bond acceptors (Lipinski definition) is 4. The molecule has 0 amide bonds. The molecule has 1 atom stereocenters. The van der Waals surface area contributed by atoms with Crippen LogP contribution in [-0.2, 0) is 10.0 Å². The molecule has 108 valence electrons. The number of rotatable bonds is 2. The van der Waals surface area contributed by atoms with Gasteiger partial charge in [0.15, 0.2) is 0 Å². The van der Waals surface area contributed by atoms with Gasteiger partial charge in [0.1, 0.15) is 0 Å². The molecular weight excluding hydrogens is 292 g/mol. The Labute approximate surface area is 124 Å². The highest BCUT2D eigenvalue weighted by molar-refractivity contribution is 8.00. The smallest absolute Gasteiger partial charge is 0.243 e. The van der Waals surface area contributed by atoms with Gasteiger partial charge in [-0.05, 0) is 24.3 Å². The van der Waals surface area contributed by atoms with Gasteiger partial charge in [-0.1, -0.05) is 18.8 Å². The van der Waals surface area contributed by atoms with Crippen LogP contribution in [0, 0.1) is 11.8 Å². The Bertz CT molecular complexity index is 615. The number of sulfonamides is 1. The minimum Gasteiger partial charge on any atom is -0.320 e. The van der Waals surface area contributed by atoms with Crippen LogP contribution in [0.3, 0.4) is 0 Å². The van der Waals surface area contributed by atoms with Crippen molar-refractivity contribution in [1.82, 2.24) is 4.31 Å². The van der Waals surface area contributed by atoms with Gasteiger partial charge in [-0.25, -0.2) is 8.42 Å². The third-order valence-electron chi connectivity index (χ3n) is 3.03. The van der Waals surface area contributed by atoms with Crippen LogP contribution in [0.4, 0.5) is 0 Å². The molecule has 6 heteroatoms. The van der Waals surface area contributed by atoms with Crippen molar-refractivity contribution in [3.8, 4) is 11.8 Å². The molecule has 0 aliphatic carbocycles. The van der Waals surface area contributed by atoms with Gasteiger partial charge in [0.2, 0.25) is 10.0 Å². The molecule has 0 saturated carbocycles. The lowest BCUT2D eigenvalue weighted by molar-refractivity contribution is 0.424. The normalized spacial score (nSPS) is 20.2. The van der Waals surface area contributed by atoms with Crippen LogP contribution in [0.5, 0.6) is 0 Å². The molecule has 1 aliphatic rings. The Balaban J connectivity index is 2.21. The zero-order valence-electron chi connectivity index (χ0n) is 11.4. The van der Waals surface area contributed by atoms with Crippen LogP contribution < -0.4 is 5.73 Å². The third-order valence-corrected chi connectivity index (χ3v) is 6.05. The maximum atomic E-state index is 12.5. The zero-order chi connectivity index (χ0) is 14.6. The molecule has 1 saturated heterocycles. The number of thioether (sulfide) groups is 1. The molecule has 2 rings (SSSR count). The molecule has 1 aromatic carbocycles. The van der Waals surface area contributed by atoms with Crippen LogP contribution >= 0.6 is 11.8 Å². The molecule has 2 N–H and O–H groups in total. The summed E-state index contributed by atoms with van der Waals surface area (Å²) < 4.78 is 26.6. The summed E-state index contributed by atoms with van der Waals surface area (Å²) in [6.07, 6.45) is 0. The van der Waals surface area contributed by atoms with E-state index in [-0.39, 0.29) is 0 Å². The standard InChI is InChI=1S/C14H18N2O2S2/c1-12-11-16(9-10-19-12)20(17,18)14-6-4-13(5-7-14)3-2-8-15/h4-7,12H,8-11,15H2,1H3. The highest BCUT2D eigenvalue weighted by Gasteiger charge is 2.28. The van der Waals surface area contributed by atoms with E-state index in [0.717, 1.165) is 11.3 Å². The Hall–Kier alpha value is -1.00. The van der Waals surface area contributed by atoms with Crippen molar-refractivity contribution in [1.29, 1.82) is 0 Å². The molecule has 4 nitrogen and oxygen atoms in total. The van der Waals surface area contributed by atoms with Crippen LogP contribution in [0.25, 0.3) is 0 Å². The molecule has 1 fully saturated rings. The summed E-state index contributed by atoms with van der Waals surface area (Å²) in [4.78, 5) is 0.329. The number of benzene rings is 1.